The maximum atomic E-state index is 11.9. The van der Waals surface area contributed by atoms with E-state index >= 15 is 0 Å². The van der Waals surface area contributed by atoms with Crippen LogP contribution in [0.25, 0.3) is 0 Å². The van der Waals surface area contributed by atoms with E-state index in [1.165, 1.54) is 4.90 Å². The minimum atomic E-state index is -1.30. The molecule has 1 aliphatic rings. The lowest BCUT2D eigenvalue weighted by atomic mass is 10.1. The predicted molar refractivity (Wildman–Crippen MR) is 65.4 cm³/mol. The number of hydrogen-bond donors (Lipinski definition) is 3. The van der Waals surface area contributed by atoms with Crippen molar-refractivity contribution >= 4 is 17.9 Å². The first-order chi connectivity index (χ1) is 8.91. The van der Waals surface area contributed by atoms with Crippen LogP contribution in [-0.2, 0) is 14.3 Å². The Morgan fingerprint density at radius 2 is 2.00 bits per heavy atom. The summed E-state index contributed by atoms with van der Waals surface area (Å²) in [6, 6.07) is -1.82. The minimum absolute atomic E-state index is 0.0109. The highest BCUT2D eigenvalue weighted by Crippen LogP contribution is 2.12. The lowest BCUT2D eigenvalue weighted by Gasteiger charge is -2.31. The molecule has 4 N–H and O–H groups in total. The highest BCUT2D eigenvalue weighted by atomic mass is 16.5. The second kappa shape index (κ2) is 6.93. The van der Waals surface area contributed by atoms with Crippen molar-refractivity contribution in [2.75, 3.05) is 20.3 Å². The van der Waals surface area contributed by atoms with Crippen LogP contribution in [0.4, 0.5) is 4.79 Å². The zero-order chi connectivity index (χ0) is 14.4. The van der Waals surface area contributed by atoms with Gasteiger partial charge in [0.1, 0.15) is 6.04 Å². The predicted octanol–water partition coefficient (Wildman–Crippen LogP) is -0.865. The maximum Gasteiger partial charge on any atom is 0.326 e. The third-order valence-electron chi connectivity index (χ3n) is 3.06. The molecule has 19 heavy (non-hydrogen) atoms. The summed E-state index contributed by atoms with van der Waals surface area (Å²) >= 11 is 0. The number of nitrogens with zero attached hydrogens (tertiary/aromatic N) is 1. The summed E-state index contributed by atoms with van der Waals surface area (Å²) in [6.07, 6.45) is 0.984. The van der Waals surface area contributed by atoms with Crippen molar-refractivity contribution in [3.05, 3.63) is 0 Å². The number of carboxylic acid groups (broad SMARTS) is 1. The molecule has 0 aromatic carbocycles. The first kappa shape index (κ1) is 15.2. The van der Waals surface area contributed by atoms with Gasteiger partial charge in [-0.2, -0.15) is 0 Å². The number of urea groups is 1. The van der Waals surface area contributed by atoms with Gasteiger partial charge in [0.25, 0.3) is 0 Å². The molecule has 0 radical (unpaired) electrons. The highest BCUT2D eigenvalue weighted by Gasteiger charge is 2.27. The Morgan fingerprint density at radius 1 is 1.42 bits per heavy atom. The number of aliphatic carboxylic acids is 1. The average molecular weight is 273 g/mol. The van der Waals surface area contributed by atoms with Crippen molar-refractivity contribution in [2.45, 2.75) is 31.3 Å². The first-order valence-corrected chi connectivity index (χ1v) is 6.04. The van der Waals surface area contributed by atoms with Crippen molar-refractivity contribution in [2.24, 2.45) is 5.73 Å². The molecule has 0 aromatic heterocycles. The van der Waals surface area contributed by atoms with Gasteiger partial charge in [-0.15, -0.1) is 0 Å². The van der Waals surface area contributed by atoms with Crippen molar-refractivity contribution in [3.63, 3.8) is 0 Å². The van der Waals surface area contributed by atoms with Crippen LogP contribution in [0, 0.1) is 0 Å². The number of carbonyl (C=O) groups is 3. The largest absolute Gasteiger partial charge is 0.480 e. The van der Waals surface area contributed by atoms with Gasteiger partial charge in [-0.1, -0.05) is 0 Å². The van der Waals surface area contributed by atoms with E-state index in [9.17, 15) is 14.4 Å². The number of carbonyl (C=O) groups excluding carboxylic acids is 2. The Bertz CT molecular complexity index is 354. The van der Waals surface area contributed by atoms with Crippen LogP contribution in [0.5, 0.6) is 0 Å². The molecule has 1 atom stereocenters. The fourth-order valence-electron chi connectivity index (χ4n) is 1.89. The van der Waals surface area contributed by atoms with Gasteiger partial charge in [0.2, 0.25) is 5.91 Å². The van der Waals surface area contributed by atoms with Gasteiger partial charge < -0.3 is 25.8 Å². The third kappa shape index (κ3) is 4.74. The third-order valence-corrected chi connectivity index (χ3v) is 3.06. The van der Waals surface area contributed by atoms with Crippen LogP contribution in [0.15, 0.2) is 0 Å². The molecule has 3 amide bonds. The van der Waals surface area contributed by atoms with Gasteiger partial charge in [-0.3, -0.25) is 4.79 Å². The Labute approximate surface area is 110 Å². The number of rotatable bonds is 5. The molecule has 108 valence electrons. The monoisotopic (exact) mass is 273 g/mol. The molecule has 0 bridgehead atoms. The number of nitrogens with two attached hydrogens (primary N) is 1. The van der Waals surface area contributed by atoms with Gasteiger partial charge in [0, 0.05) is 26.3 Å². The van der Waals surface area contributed by atoms with Gasteiger partial charge in [0.15, 0.2) is 0 Å². The van der Waals surface area contributed by atoms with Crippen LogP contribution in [0.1, 0.15) is 19.3 Å². The summed E-state index contributed by atoms with van der Waals surface area (Å²) in [5.41, 5.74) is 4.94. The van der Waals surface area contributed by atoms with Crippen LogP contribution in [0.2, 0.25) is 0 Å². The zero-order valence-corrected chi connectivity index (χ0v) is 10.8. The van der Waals surface area contributed by atoms with Gasteiger partial charge in [-0.25, -0.2) is 9.59 Å². The molecule has 1 fully saturated rings. The number of primary amides is 1. The Morgan fingerprint density at radius 3 is 2.47 bits per heavy atom. The van der Waals surface area contributed by atoms with Crippen LogP contribution in [-0.4, -0.2) is 60.3 Å². The van der Waals surface area contributed by atoms with Crippen molar-refractivity contribution in [1.82, 2.24) is 10.2 Å². The summed E-state index contributed by atoms with van der Waals surface area (Å²) in [6.45, 7) is 1.15. The van der Waals surface area contributed by atoms with E-state index in [0.29, 0.717) is 26.1 Å². The van der Waals surface area contributed by atoms with Crippen molar-refractivity contribution in [3.8, 4) is 0 Å². The van der Waals surface area contributed by atoms with E-state index in [2.05, 4.69) is 5.32 Å². The summed E-state index contributed by atoms with van der Waals surface area (Å²) in [4.78, 5) is 35.0. The standard InChI is InChI=1S/C11H19N3O5/c1-14(7-2-4-19-5-3-7)11(18)13-8(10(16)17)6-9(12)15/h7-8H,2-6H2,1H3,(H2,12,15)(H,13,18)(H,16,17)/t8-/m1/s1. The number of hydrogen-bond acceptors (Lipinski definition) is 4. The molecule has 0 aliphatic carbocycles. The normalized spacial score (nSPS) is 17.5. The molecule has 0 saturated carbocycles. The van der Waals surface area contributed by atoms with E-state index in [-0.39, 0.29) is 6.04 Å². The Kier molecular flexibility index (Phi) is 5.56. The number of ether oxygens (including phenoxy) is 1. The van der Waals surface area contributed by atoms with Crippen molar-refractivity contribution in [1.29, 1.82) is 0 Å². The topological polar surface area (TPSA) is 122 Å². The highest BCUT2D eigenvalue weighted by molar-refractivity contribution is 5.87. The van der Waals surface area contributed by atoms with Crippen LogP contribution in [0.3, 0.4) is 0 Å². The molecule has 1 rings (SSSR count). The van der Waals surface area contributed by atoms with E-state index in [1.807, 2.05) is 0 Å². The van der Waals surface area contributed by atoms with Gasteiger partial charge >= 0.3 is 12.0 Å². The van der Waals surface area contributed by atoms with Crippen LogP contribution < -0.4 is 11.1 Å². The summed E-state index contributed by atoms with van der Waals surface area (Å²) in [5.74, 6) is -2.06. The Balaban J connectivity index is 2.55. The van der Waals surface area contributed by atoms with Crippen LogP contribution >= 0.6 is 0 Å². The lowest BCUT2D eigenvalue weighted by Crippen LogP contribution is -2.51. The molecule has 0 unspecified atom stereocenters. The SMILES string of the molecule is CN(C(=O)N[C@H](CC(N)=O)C(=O)O)C1CCOCC1. The molecule has 0 spiro atoms. The molecule has 8 heteroatoms. The van der Waals surface area contributed by atoms with E-state index in [1.54, 1.807) is 7.05 Å². The second-order valence-corrected chi connectivity index (χ2v) is 4.47. The number of nitrogens with one attached hydrogen (secondary N) is 1. The van der Waals surface area contributed by atoms with Crippen molar-refractivity contribution < 1.29 is 24.2 Å². The van der Waals surface area contributed by atoms with Gasteiger partial charge in [0.05, 0.1) is 6.42 Å². The lowest BCUT2D eigenvalue weighted by molar-refractivity contribution is -0.141. The summed E-state index contributed by atoms with van der Waals surface area (Å²) < 4.78 is 5.19. The van der Waals surface area contributed by atoms with E-state index in [4.69, 9.17) is 15.6 Å². The summed E-state index contributed by atoms with van der Waals surface area (Å²) in [5, 5.41) is 11.2. The average Bonchev–Trinajstić information content (AvgIpc) is 2.37. The summed E-state index contributed by atoms with van der Waals surface area (Å²) in [7, 11) is 1.59. The van der Waals surface area contributed by atoms with Gasteiger partial charge in [-0.05, 0) is 12.8 Å². The molecule has 8 nitrogen and oxygen atoms in total. The van der Waals surface area contributed by atoms with E-state index in [0.717, 1.165) is 0 Å². The first-order valence-electron chi connectivity index (χ1n) is 6.04. The molecule has 1 heterocycles. The Hall–Kier alpha value is -1.83. The number of amides is 3. The molecule has 1 aliphatic heterocycles. The fourth-order valence-corrected chi connectivity index (χ4v) is 1.89. The number of carboxylic acids is 1. The quantitative estimate of drug-likeness (QED) is 0.601. The van der Waals surface area contributed by atoms with E-state index < -0.39 is 30.4 Å². The smallest absolute Gasteiger partial charge is 0.326 e. The molecule has 1 saturated heterocycles. The molecular formula is C11H19N3O5. The minimum Gasteiger partial charge on any atom is -0.480 e. The zero-order valence-electron chi connectivity index (χ0n) is 10.8. The molecular weight excluding hydrogens is 254 g/mol. The second-order valence-electron chi connectivity index (χ2n) is 4.47. The fraction of sp³-hybridized carbons (Fsp3) is 0.727. The maximum absolute atomic E-state index is 11.9. The molecule has 0 aromatic rings.